The number of rotatable bonds is 38. The monoisotopic (exact) mass is 1210 g/mol. The number of carbonyl (C=O) groups excluding carboxylic acids is 10. The van der Waals surface area contributed by atoms with Crippen molar-refractivity contribution in [1.29, 1.82) is 0 Å². The smallest absolute Gasteiger partial charge is 0.305 e. The van der Waals surface area contributed by atoms with Gasteiger partial charge in [0, 0.05) is 12.8 Å². The lowest BCUT2D eigenvalue weighted by molar-refractivity contribution is -0.142. The van der Waals surface area contributed by atoms with Gasteiger partial charge in [0.05, 0.1) is 32.2 Å². The average molecular weight is 1210 g/mol. The molecule has 3 rings (SSSR count). The first-order valence-electron chi connectivity index (χ1n) is 27.3. The third-order valence-electron chi connectivity index (χ3n) is 12.9. The quantitative estimate of drug-likeness (QED) is 0.0246. The number of nitrogens with two attached hydrogens (primary N) is 3. The van der Waals surface area contributed by atoms with Crippen molar-refractivity contribution in [3.63, 3.8) is 0 Å². The molecule has 0 aliphatic carbocycles. The number of carboxylic acids is 1. The number of primary amides is 1. The Morgan fingerprint density at radius 3 is 1.44 bits per heavy atom. The Hall–Kier alpha value is -8.38. The van der Waals surface area contributed by atoms with E-state index in [1.165, 1.54) is 48.2 Å². The molecule has 0 bridgehead atoms. The van der Waals surface area contributed by atoms with Crippen LogP contribution < -0.4 is 65.1 Å². The maximum Gasteiger partial charge on any atom is 0.305 e. The van der Waals surface area contributed by atoms with Crippen LogP contribution >= 0.6 is 11.8 Å². The number of hydrogen-bond donors (Lipinski definition) is 17. The van der Waals surface area contributed by atoms with Crippen molar-refractivity contribution in [2.45, 2.75) is 126 Å². The third-order valence-corrected chi connectivity index (χ3v) is 13.6. The van der Waals surface area contributed by atoms with Crippen LogP contribution in [0.5, 0.6) is 11.5 Å². The van der Waals surface area contributed by atoms with Gasteiger partial charge in [-0.15, -0.1) is 0 Å². The molecule has 3 aromatic rings. The van der Waals surface area contributed by atoms with E-state index in [1.807, 2.05) is 6.26 Å². The second-order valence-electron chi connectivity index (χ2n) is 20.4. The Morgan fingerprint density at radius 1 is 0.506 bits per heavy atom. The standard InChI is InChI=1S/C56H80N12O16S/c1-31(2)23-40(52(80)62-38(48(59)76)20-22-85-3)61-46(73)28-60-50(78)41(26-34-14-18-36(72)19-15-34)64-53(81)42(25-32-9-5-4-6-10-32)65-55(83)45(30-70)68-54(82)43(27-47(74)75)66-56(84)44(29-69)67-51(79)39(11-7-8-21-57)63-49(77)37(58)24-33-12-16-35(71)17-13-33/h4-6,9-10,12-19,31,37-45,69-72H,7-8,11,20-30,57-58H2,1-3H3,(H2,59,76)(H,60,78)(H,61,73)(H,62,80)(H,63,77)(H,64,81)(H,65,83)(H,66,84)(H,67,79)(H,68,82)(H,74,75)/t37-,38-,39-,40-,41-,42-,43-,44-,45-/m0/s1. The van der Waals surface area contributed by atoms with Crippen LogP contribution in [0.15, 0.2) is 78.9 Å². The van der Waals surface area contributed by atoms with Crippen LogP contribution in [0.2, 0.25) is 0 Å². The molecule has 9 atom stereocenters. The number of aliphatic hydroxyl groups is 2. The average Bonchev–Trinajstić information content (AvgIpc) is 3.64. The molecule has 0 unspecified atom stereocenters. The van der Waals surface area contributed by atoms with Crippen LogP contribution in [-0.2, 0) is 72.0 Å². The molecule has 466 valence electrons. The number of hydrogen-bond acceptors (Lipinski definition) is 18. The molecule has 0 aliphatic heterocycles. The van der Waals surface area contributed by atoms with Crippen LogP contribution in [0.1, 0.15) is 69.1 Å². The van der Waals surface area contributed by atoms with Crippen LogP contribution in [-0.4, -0.2) is 183 Å². The molecule has 3 aromatic carbocycles. The number of carbonyl (C=O) groups is 11. The summed E-state index contributed by atoms with van der Waals surface area (Å²) in [5.74, 6) is -11.1. The Bertz CT molecular complexity index is 2710. The summed E-state index contributed by atoms with van der Waals surface area (Å²) in [6.07, 6.45) is 1.34. The van der Waals surface area contributed by atoms with Gasteiger partial charge in [-0.2, -0.15) is 11.8 Å². The minimum atomic E-state index is -2.03. The van der Waals surface area contributed by atoms with E-state index in [2.05, 4.69) is 47.9 Å². The summed E-state index contributed by atoms with van der Waals surface area (Å²) >= 11 is 1.44. The highest BCUT2D eigenvalue weighted by molar-refractivity contribution is 7.98. The normalized spacial score (nSPS) is 14.2. The fourth-order valence-electron chi connectivity index (χ4n) is 8.32. The molecular weight excluding hydrogens is 1130 g/mol. The van der Waals surface area contributed by atoms with Crippen molar-refractivity contribution in [1.82, 2.24) is 47.9 Å². The Balaban J connectivity index is 1.82. The predicted molar refractivity (Wildman–Crippen MR) is 311 cm³/mol. The van der Waals surface area contributed by atoms with Crippen LogP contribution in [0.3, 0.4) is 0 Å². The van der Waals surface area contributed by atoms with E-state index in [-0.39, 0.29) is 62.5 Å². The first kappa shape index (κ1) is 70.9. The largest absolute Gasteiger partial charge is 0.508 e. The lowest BCUT2D eigenvalue weighted by Crippen LogP contribution is -2.61. The highest BCUT2D eigenvalue weighted by Crippen LogP contribution is 2.15. The van der Waals surface area contributed by atoms with Gasteiger partial charge in [0.15, 0.2) is 0 Å². The number of phenolic OH excluding ortho intramolecular Hbond substituents is 2. The van der Waals surface area contributed by atoms with Gasteiger partial charge >= 0.3 is 5.97 Å². The predicted octanol–water partition coefficient (Wildman–Crippen LogP) is -3.68. The van der Waals surface area contributed by atoms with Crippen molar-refractivity contribution in [3.05, 3.63) is 95.6 Å². The lowest BCUT2D eigenvalue weighted by Gasteiger charge is -2.27. The number of nitrogens with one attached hydrogen (secondary N) is 9. The number of aliphatic carboxylic acids is 1. The minimum Gasteiger partial charge on any atom is -0.508 e. The molecule has 0 saturated carbocycles. The van der Waals surface area contributed by atoms with E-state index in [9.17, 15) is 78.3 Å². The molecule has 0 fully saturated rings. The fourth-order valence-corrected chi connectivity index (χ4v) is 8.79. The van der Waals surface area contributed by atoms with Crippen molar-refractivity contribution in [2.75, 3.05) is 38.3 Å². The third kappa shape index (κ3) is 26.0. The number of amides is 10. The SMILES string of the molecule is CSCC[C@H](NC(=O)[C@H](CC(C)C)NC(=O)CNC(=O)[C@H](Cc1ccc(O)cc1)NC(=O)[C@H](Cc1ccccc1)NC(=O)[C@H](CO)NC(=O)[C@H](CC(=O)O)NC(=O)[C@H](CO)NC(=O)[C@H](CCCCN)NC(=O)[C@@H](N)Cc1ccc(O)cc1)C(N)=O. The molecule has 28 nitrogen and oxygen atoms in total. The summed E-state index contributed by atoms with van der Waals surface area (Å²) in [5.41, 5.74) is 18.7. The number of aliphatic hydroxyl groups excluding tert-OH is 2. The van der Waals surface area contributed by atoms with Gasteiger partial charge in [0.2, 0.25) is 59.1 Å². The summed E-state index contributed by atoms with van der Waals surface area (Å²) in [4.78, 5) is 147. The van der Waals surface area contributed by atoms with E-state index in [0.29, 0.717) is 35.3 Å². The number of carboxylic acid groups (broad SMARTS) is 1. The van der Waals surface area contributed by atoms with Crippen LogP contribution in [0, 0.1) is 5.92 Å². The lowest BCUT2D eigenvalue weighted by atomic mass is 10.0. The van der Waals surface area contributed by atoms with E-state index < -0.39 is 146 Å². The molecule has 29 heteroatoms. The molecule has 20 N–H and O–H groups in total. The number of aromatic hydroxyl groups is 2. The van der Waals surface area contributed by atoms with Crippen molar-refractivity contribution in [3.8, 4) is 11.5 Å². The fraction of sp³-hybridized carbons (Fsp3) is 0.482. The molecule has 0 aromatic heterocycles. The summed E-state index contributed by atoms with van der Waals surface area (Å²) in [7, 11) is 0. The molecule has 0 radical (unpaired) electrons. The summed E-state index contributed by atoms with van der Waals surface area (Å²) in [6, 6.07) is 6.11. The van der Waals surface area contributed by atoms with E-state index >= 15 is 0 Å². The molecule has 0 spiro atoms. The van der Waals surface area contributed by atoms with Gasteiger partial charge in [0.1, 0.15) is 59.8 Å². The summed E-state index contributed by atoms with van der Waals surface area (Å²) in [5, 5.41) is 71.6. The van der Waals surface area contributed by atoms with Crippen molar-refractivity contribution < 1.29 is 78.3 Å². The van der Waals surface area contributed by atoms with Crippen LogP contribution in [0.4, 0.5) is 0 Å². The van der Waals surface area contributed by atoms with E-state index in [1.54, 1.807) is 56.3 Å². The zero-order chi connectivity index (χ0) is 63.2. The maximum absolute atomic E-state index is 14.4. The van der Waals surface area contributed by atoms with Gasteiger partial charge in [-0.1, -0.05) is 68.4 Å². The molecule has 0 aliphatic rings. The Kier molecular flexibility index (Phi) is 30.9. The second kappa shape index (κ2) is 37.0. The molecule has 85 heavy (non-hydrogen) atoms. The minimum absolute atomic E-state index is 0.00386. The van der Waals surface area contributed by atoms with Gasteiger partial charge in [-0.25, -0.2) is 0 Å². The second-order valence-corrected chi connectivity index (χ2v) is 21.3. The highest BCUT2D eigenvalue weighted by atomic mass is 32.2. The van der Waals surface area contributed by atoms with Gasteiger partial charge in [-0.05, 0) is 104 Å². The van der Waals surface area contributed by atoms with Crippen molar-refractivity contribution >= 4 is 76.8 Å². The Morgan fingerprint density at radius 2 is 0.941 bits per heavy atom. The number of unbranched alkanes of at least 4 members (excludes halogenated alkanes) is 1. The van der Waals surface area contributed by atoms with E-state index in [4.69, 9.17) is 17.2 Å². The van der Waals surface area contributed by atoms with Gasteiger partial charge < -0.3 is 90.6 Å². The molecule has 0 saturated heterocycles. The zero-order valence-corrected chi connectivity index (χ0v) is 48.4. The summed E-state index contributed by atoms with van der Waals surface area (Å²) < 4.78 is 0. The van der Waals surface area contributed by atoms with Crippen molar-refractivity contribution in [2.24, 2.45) is 23.1 Å². The maximum atomic E-state index is 14.4. The van der Waals surface area contributed by atoms with Crippen LogP contribution in [0.25, 0.3) is 0 Å². The first-order chi connectivity index (χ1) is 40.4. The number of benzene rings is 3. The molecule has 10 amide bonds. The molecule has 0 heterocycles. The van der Waals surface area contributed by atoms with E-state index in [0.717, 1.165) is 0 Å². The Labute approximate surface area is 495 Å². The van der Waals surface area contributed by atoms with Gasteiger partial charge in [-0.3, -0.25) is 52.7 Å². The molecular formula is C56H80N12O16S. The highest BCUT2D eigenvalue weighted by Gasteiger charge is 2.35. The van der Waals surface area contributed by atoms with Gasteiger partial charge in [0.25, 0.3) is 0 Å². The number of phenols is 2. The zero-order valence-electron chi connectivity index (χ0n) is 47.5. The summed E-state index contributed by atoms with van der Waals surface area (Å²) in [6.45, 7) is 0.882. The number of thioether (sulfide) groups is 1. The first-order valence-corrected chi connectivity index (χ1v) is 28.7. The topological polar surface area (TPSA) is 475 Å².